The second-order valence-electron chi connectivity index (χ2n) is 6.47. The number of carbonyl (C=O) groups is 2. The molecule has 0 aromatic carbocycles. The maximum Gasteiger partial charge on any atom is 0.255 e. The number of hydrogen-bond acceptors (Lipinski definition) is 4. The molecule has 26 heavy (non-hydrogen) atoms. The first-order valence-electron chi connectivity index (χ1n) is 8.65. The molecule has 0 aliphatic carbocycles. The SMILES string of the molecule is NC(=O)c1cncc(-n2ccc3cc(C(=O)N4CCCCC4)cnc32)c1. The van der Waals surface area contributed by atoms with E-state index in [9.17, 15) is 9.59 Å². The van der Waals surface area contributed by atoms with E-state index >= 15 is 0 Å². The number of primary amides is 1. The summed E-state index contributed by atoms with van der Waals surface area (Å²) in [5.74, 6) is -0.498. The van der Waals surface area contributed by atoms with Crippen molar-refractivity contribution in [3.8, 4) is 5.69 Å². The Labute approximate surface area is 150 Å². The lowest BCUT2D eigenvalue weighted by Gasteiger charge is -2.26. The lowest BCUT2D eigenvalue weighted by Crippen LogP contribution is -2.35. The van der Waals surface area contributed by atoms with Gasteiger partial charge in [0.1, 0.15) is 5.65 Å². The van der Waals surface area contributed by atoms with Crippen LogP contribution in [0.1, 0.15) is 40.0 Å². The predicted octanol–water partition coefficient (Wildman–Crippen LogP) is 2.15. The van der Waals surface area contributed by atoms with Crippen LogP contribution in [-0.4, -0.2) is 44.3 Å². The van der Waals surface area contributed by atoms with Crippen molar-refractivity contribution in [2.75, 3.05) is 13.1 Å². The molecule has 1 saturated heterocycles. The molecule has 3 aromatic heterocycles. The van der Waals surface area contributed by atoms with E-state index in [1.54, 1.807) is 18.5 Å². The van der Waals surface area contributed by atoms with Gasteiger partial charge in [-0.2, -0.15) is 0 Å². The monoisotopic (exact) mass is 349 g/mol. The molecule has 1 aliphatic rings. The quantitative estimate of drug-likeness (QED) is 0.784. The van der Waals surface area contributed by atoms with E-state index in [1.165, 1.54) is 12.6 Å². The lowest BCUT2D eigenvalue weighted by molar-refractivity contribution is 0.0724. The van der Waals surface area contributed by atoms with Gasteiger partial charge in [0.2, 0.25) is 5.91 Å². The first-order valence-corrected chi connectivity index (χ1v) is 8.65. The van der Waals surface area contributed by atoms with Gasteiger partial charge in [0.05, 0.1) is 23.0 Å². The fourth-order valence-corrected chi connectivity index (χ4v) is 3.32. The van der Waals surface area contributed by atoms with Crippen molar-refractivity contribution >= 4 is 22.8 Å². The summed E-state index contributed by atoms with van der Waals surface area (Å²) in [5, 5.41) is 0.859. The normalized spacial score (nSPS) is 14.5. The van der Waals surface area contributed by atoms with Gasteiger partial charge in [-0.05, 0) is 37.5 Å². The third-order valence-corrected chi connectivity index (χ3v) is 4.70. The Hall–Kier alpha value is -3.22. The van der Waals surface area contributed by atoms with Crippen molar-refractivity contribution < 1.29 is 9.59 Å². The summed E-state index contributed by atoms with van der Waals surface area (Å²) in [6.07, 6.45) is 9.82. The van der Waals surface area contributed by atoms with Crippen LogP contribution in [0.4, 0.5) is 0 Å². The van der Waals surface area contributed by atoms with Crippen LogP contribution < -0.4 is 5.73 Å². The molecule has 4 heterocycles. The van der Waals surface area contributed by atoms with Crippen LogP contribution in [0.25, 0.3) is 16.7 Å². The van der Waals surface area contributed by atoms with E-state index in [-0.39, 0.29) is 5.91 Å². The third-order valence-electron chi connectivity index (χ3n) is 4.70. The average Bonchev–Trinajstić information content (AvgIpc) is 3.11. The molecule has 7 nitrogen and oxygen atoms in total. The van der Waals surface area contributed by atoms with Crippen molar-refractivity contribution in [2.45, 2.75) is 19.3 Å². The summed E-state index contributed by atoms with van der Waals surface area (Å²) in [4.78, 5) is 34.5. The van der Waals surface area contributed by atoms with Gasteiger partial charge in [0, 0.05) is 37.1 Å². The highest BCUT2D eigenvalue weighted by Crippen LogP contribution is 2.21. The highest BCUT2D eigenvalue weighted by molar-refractivity contribution is 5.97. The van der Waals surface area contributed by atoms with Crippen LogP contribution in [0.15, 0.2) is 43.0 Å². The van der Waals surface area contributed by atoms with Gasteiger partial charge in [-0.3, -0.25) is 19.1 Å². The lowest BCUT2D eigenvalue weighted by atomic mass is 10.1. The van der Waals surface area contributed by atoms with E-state index < -0.39 is 5.91 Å². The molecule has 0 radical (unpaired) electrons. The Morgan fingerprint density at radius 1 is 1.00 bits per heavy atom. The van der Waals surface area contributed by atoms with Gasteiger partial charge in [-0.1, -0.05) is 0 Å². The molecule has 2 N–H and O–H groups in total. The molecule has 0 bridgehead atoms. The number of likely N-dealkylation sites (tertiary alicyclic amines) is 1. The number of nitrogens with two attached hydrogens (primary N) is 1. The van der Waals surface area contributed by atoms with Crippen LogP contribution in [0.5, 0.6) is 0 Å². The number of carbonyl (C=O) groups excluding carboxylic acids is 2. The van der Waals surface area contributed by atoms with E-state index in [2.05, 4.69) is 9.97 Å². The summed E-state index contributed by atoms with van der Waals surface area (Å²) in [6, 6.07) is 5.43. The third kappa shape index (κ3) is 2.92. The maximum absolute atomic E-state index is 12.7. The maximum atomic E-state index is 12.7. The Balaban J connectivity index is 1.68. The zero-order valence-corrected chi connectivity index (χ0v) is 14.3. The van der Waals surface area contributed by atoms with Gasteiger partial charge in [-0.25, -0.2) is 4.98 Å². The van der Waals surface area contributed by atoms with Crippen molar-refractivity contribution in [3.05, 3.63) is 54.1 Å². The highest BCUT2D eigenvalue weighted by Gasteiger charge is 2.19. The minimum Gasteiger partial charge on any atom is -0.366 e. The smallest absolute Gasteiger partial charge is 0.255 e. The second-order valence-corrected chi connectivity index (χ2v) is 6.47. The van der Waals surface area contributed by atoms with E-state index in [0.29, 0.717) is 22.5 Å². The molecular weight excluding hydrogens is 330 g/mol. The van der Waals surface area contributed by atoms with Crippen LogP contribution >= 0.6 is 0 Å². The van der Waals surface area contributed by atoms with Crippen molar-refractivity contribution in [1.29, 1.82) is 0 Å². The molecule has 3 aromatic rings. The molecular formula is C19H19N5O2. The number of nitrogens with zero attached hydrogens (tertiary/aromatic N) is 4. The second kappa shape index (κ2) is 6.59. The predicted molar refractivity (Wildman–Crippen MR) is 97.1 cm³/mol. The molecule has 0 saturated carbocycles. The molecule has 1 fully saturated rings. The van der Waals surface area contributed by atoms with Crippen LogP contribution in [-0.2, 0) is 0 Å². The topological polar surface area (TPSA) is 94.1 Å². The van der Waals surface area contributed by atoms with E-state index in [4.69, 9.17) is 5.73 Å². The summed E-state index contributed by atoms with van der Waals surface area (Å²) in [5.41, 5.74) is 7.65. The molecule has 0 unspecified atom stereocenters. The Morgan fingerprint density at radius 2 is 1.81 bits per heavy atom. The number of fused-ring (bicyclic) bond motifs is 1. The standard InChI is InChI=1S/C19H19N5O2/c20-17(25)14-9-16(12-21-10-14)24-7-4-13-8-15(11-22-18(13)24)19(26)23-5-2-1-3-6-23/h4,7-12H,1-3,5-6H2,(H2,20,25). The number of aromatic nitrogens is 3. The molecule has 0 atom stereocenters. The molecule has 132 valence electrons. The molecule has 1 aliphatic heterocycles. The highest BCUT2D eigenvalue weighted by atomic mass is 16.2. The Bertz CT molecular complexity index is 989. The Kier molecular flexibility index (Phi) is 4.12. The van der Waals surface area contributed by atoms with Crippen molar-refractivity contribution in [3.63, 3.8) is 0 Å². The van der Waals surface area contributed by atoms with Crippen LogP contribution in [0.2, 0.25) is 0 Å². The van der Waals surface area contributed by atoms with E-state index in [0.717, 1.165) is 31.3 Å². The van der Waals surface area contributed by atoms with Crippen molar-refractivity contribution in [2.24, 2.45) is 5.73 Å². The number of rotatable bonds is 3. The molecule has 0 spiro atoms. The number of piperidine rings is 1. The summed E-state index contributed by atoms with van der Waals surface area (Å²) >= 11 is 0. The van der Waals surface area contributed by atoms with Gasteiger partial charge in [-0.15, -0.1) is 0 Å². The number of amides is 2. The fourth-order valence-electron chi connectivity index (χ4n) is 3.32. The van der Waals surface area contributed by atoms with Crippen LogP contribution in [0, 0.1) is 0 Å². The molecule has 2 amide bonds. The fraction of sp³-hybridized carbons (Fsp3) is 0.263. The minimum absolute atomic E-state index is 0.0317. The largest absolute Gasteiger partial charge is 0.366 e. The van der Waals surface area contributed by atoms with Crippen LogP contribution in [0.3, 0.4) is 0 Å². The minimum atomic E-state index is -0.529. The average molecular weight is 349 g/mol. The van der Waals surface area contributed by atoms with Gasteiger partial charge >= 0.3 is 0 Å². The van der Waals surface area contributed by atoms with Crippen molar-refractivity contribution in [1.82, 2.24) is 19.4 Å². The summed E-state index contributed by atoms with van der Waals surface area (Å²) in [6.45, 7) is 1.62. The zero-order chi connectivity index (χ0) is 18.1. The van der Waals surface area contributed by atoms with E-state index in [1.807, 2.05) is 27.8 Å². The molecule has 7 heteroatoms. The van der Waals surface area contributed by atoms with Gasteiger partial charge < -0.3 is 10.6 Å². The Morgan fingerprint density at radius 3 is 2.58 bits per heavy atom. The summed E-state index contributed by atoms with van der Waals surface area (Å²) in [7, 11) is 0. The zero-order valence-electron chi connectivity index (χ0n) is 14.3. The van der Waals surface area contributed by atoms with Gasteiger partial charge in [0.15, 0.2) is 0 Å². The molecule has 4 rings (SSSR count). The first-order chi connectivity index (χ1) is 12.6. The summed E-state index contributed by atoms with van der Waals surface area (Å²) < 4.78 is 1.82. The number of pyridine rings is 2. The number of hydrogen-bond donors (Lipinski definition) is 1. The first kappa shape index (κ1) is 16.3. The van der Waals surface area contributed by atoms with Gasteiger partial charge in [0.25, 0.3) is 5.91 Å².